The van der Waals surface area contributed by atoms with Gasteiger partial charge in [-0.1, -0.05) is 19.0 Å². The van der Waals surface area contributed by atoms with Gasteiger partial charge in [0.2, 0.25) is 29.4 Å². The molecule has 20 heavy (non-hydrogen) atoms. The smallest absolute Gasteiger partial charge is 0.240 e. The van der Waals surface area contributed by atoms with Crippen LogP contribution in [0.5, 0.6) is 0 Å². The minimum atomic E-state index is 0.157. The maximum Gasteiger partial charge on any atom is 0.240 e. The van der Waals surface area contributed by atoms with Crippen molar-refractivity contribution in [2.75, 3.05) is 23.7 Å². The first-order chi connectivity index (χ1) is 9.63. The van der Waals surface area contributed by atoms with Gasteiger partial charge in [0, 0.05) is 20.0 Å². The second kappa shape index (κ2) is 6.27. The molecule has 0 aliphatic rings. The number of nitrogen functional groups attached to an aromatic ring is 1. The monoisotopic (exact) mass is 277 g/mol. The molecule has 0 aromatic carbocycles. The average molecular weight is 277 g/mol. The van der Waals surface area contributed by atoms with Crippen LogP contribution in [0.15, 0.2) is 4.52 Å². The van der Waals surface area contributed by atoms with Crippen molar-refractivity contribution >= 4 is 11.9 Å². The van der Waals surface area contributed by atoms with Crippen LogP contribution in [0.25, 0.3) is 11.6 Å². The van der Waals surface area contributed by atoms with E-state index in [1.807, 2.05) is 0 Å². The van der Waals surface area contributed by atoms with E-state index in [0.717, 1.165) is 25.9 Å². The summed E-state index contributed by atoms with van der Waals surface area (Å²) in [6, 6.07) is 0. The Morgan fingerprint density at radius 3 is 2.25 bits per heavy atom. The Morgan fingerprint density at radius 2 is 1.70 bits per heavy atom. The van der Waals surface area contributed by atoms with Crippen molar-refractivity contribution in [3.8, 4) is 11.6 Å². The largest absolute Gasteiger partial charge is 0.368 e. The molecular formula is C12H19N7O. The molecule has 0 saturated carbocycles. The lowest BCUT2D eigenvalue weighted by molar-refractivity contribution is 0.394. The van der Waals surface area contributed by atoms with Crippen molar-refractivity contribution in [2.24, 2.45) is 0 Å². The van der Waals surface area contributed by atoms with Gasteiger partial charge in [-0.05, 0) is 12.8 Å². The molecule has 2 heterocycles. The van der Waals surface area contributed by atoms with Crippen LogP contribution in [0, 0.1) is 6.92 Å². The Bertz CT molecular complexity index is 563. The quantitative estimate of drug-likeness (QED) is 0.845. The minimum absolute atomic E-state index is 0.157. The van der Waals surface area contributed by atoms with E-state index < -0.39 is 0 Å². The van der Waals surface area contributed by atoms with Crippen LogP contribution in [0.2, 0.25) is 0 Å². The molecule has 108 valence electrons. The molecule has 2 aromatic heterocycles. The molecule has 8 nitrogen and oxygen atoms in total. The molecule has 0 radical (unpaired) electrons. The molecule has 0 bridgehead atoms. The minimum Gasteiger partial charge on any atom is -0.368 e. The summed E-state index contributed by atoms with van der Waals surface area (Å²) in [7, 11) is 0. The molecule has 0 spiro atoms. The van der Waals surface area contributed by atoms with Gasteiger partial charge in [0.25, 0.3) is 0 Å². The molecule has 2 rings (SSSR count). The highest BCUT2D eigenvalue weighted by molar-refractivity contribution is 5.48. The molecule has 0 fully saturated rings. The Morgan fingerprint density at radius 1 is 1.00 bits per heavy atom. The van der Waals surface area contributed by atoms with Crippen molar-refractivity contribution in [3.63, 3.8) is 0 Å². The fourth-order valence-electron chi connectivity index (χ4n) is 1.86. The van der Waals surface area contributed by atoms with Gasteiger partial charge in [-0.3, -0.25) is 0 Å². The normalized spacial score (nSPS) is 10.8. The first-order valence-corrected chi connectivity index (χ1v) is 6.71. The van der Waals surface area contributed by atoms with E-state index in [1.54, 1.807) is 6.92 Å². The summed E-state index contributed by atoms with van der Waals surface area (Å²) in [5.41, 5.74) is 5.76. The second-order valence-electron chi connectivity index (χ2n) is 4.44. The molecule has 0 amide bonds. The van der Waals surface area contributed by atoms with E-state index in [0.29, 0.717) is 23.5 Å². The zero-order valence-electron chi connectivity index (χ0n) is 12.0. The third-order valence-corrected chi connectivity index (χ3v) is 2.64. The van der Waals surface area contributed by atoms with Gasteiger partial charge in [0.1, 0.15) is 0 Å². The predicted octanol–water partition coefficient (Wildman–Crippen LogP) is 1.44. The number of rotatable bonds is 6. The zero-order valence-corrected chi connectivity index (χ0v) is 12.0. The summed E-state index contributed by atoms with van der Waals surface area (Å²) < 4.78 is 4.94. The SMILES string of the molecule is CCCN(CCC)c1nc(N)nc(-c2noc(C)n2)n1. The van der Waals surface area contributed by atoms with Crippen molar-refractivity contribution in [3.05, 3.63) is 5.89 Å². The standard InChI is InChI=1S/C12H19N7O/c1-4-6-19(7-5-2)12-16-9(15-11(13)17-12)10-14-8(3)20-18-10/h4-7H2,1-3H3,(H2,13,15,16,17). The maximum atomic E-state index is 5.76. The summed E-state index contributed by atoms with van der Waals surface area (Å²) in [6.45, 7) is 7.65. The Hall–Kier alpha value is -2.25. The van der Waals surface area contributed by atoms with Gasteiger partial charge in [-0.2, -0.15) is 19.9 Å². The second-order valence-corrected chi connectivity index (χ2v) is 4.44. The number of aromatic nitrogens is 5. The van der Waals surface area contributed by atoms with Gasteiger partial charge in [0.05, 0.1) is 0 Å². The van der Waals surface area contributed by atoms with Crippen LogP contribution in [-0.4, -0.2) is 38.2 Å². The summed E-state index contributed by atoms with van der Waals surface area (Å²) in [4.78, 5) is 18.8. The molecule has 2 aromatic rings. The lowest BCUT2D eigenvalue weighted by Crippen LogP contribution is -2.27. The van der Waals surface area contributed by atoms with Gasteiger partial charge in [0.15, 0.2) is 0 Å². The number of hydrogen-bond donors (Lipinski definition) is 1. The summed E-state index contributed by atoms with van der Waals surface area (Å²) in [5, 5.41) is 3.81. The number of aryl methyl sites for hydroxylation is 1. The van der Waals surface area contributed by atoms with Crippen molar-refractivity contribution in [1.82, 2.24) is 25.1 Å². The molecular weight excluding hydrogens is 258 g/mol. The summed E-state index contributed by atoms with van der Waals surface area (Å²) >= 11 is 0. The predicted molar refractivity (Wildman–Crippen MR) is 75.1 cm³/mol. The average Bonchev–Trinajstić information content (AvgIpc) is 2.84. The number of hydrogen-bond acceptors (Lipinski definition) is 8. The van der Waals surface area contributed by atoms with E-state index in [-0.39, 0.29) is 5.95 Å². The molecule has 2 N–H and O–H groups in total. The highest BCUT2D eigenvalue weighted by atomic mass is 16.5. The van der Waals surface area contributed by atoms with Gasteiger partial charge < -0.3 is 15.2 Å². The fraction of sp³-hybridized carbons (Fsp3) is 0.583. The number of nitrogens with two attached hydrogens (primary N) is 1. The molecule has 8 heteroatoms. The van der Waals surface area contributed by atoms with Crippen molar-refractivity contribution in [1.29, 1.82) is 0 Å². The molecule has 0 atom stereocenters. The van der Waals surface area contributed by atoms with Crippen LogP contribution in [-0.2, 0) is 0 Å². The van der Waals surface area contributed by atoms with Crippen LogP contribution < -0.4 is 10.6 Å². The Labute approximate surface area is 117 Å². The van der Waals surface area contributed by atoms with Crippen molar-refractivity contribution < 1.29 is 4.52 Å². The van der Waals surface area contributed by atoms with E-state index in [4.69, 9.17) is 10.3 Å². The molecule has 0 saturated heterocycles. The fourth-order valence-corrected chi connectivity index (χ4v) is 1.86. The third-order valence-electron chi connectivity index (χ3n) is 2.64. The van der Waals surface area contributed by atoms with Gasteiger partial charge >= 0.3 is 0 Å². The molecule has 0 unspecified atom stereocenters. The number of anilines is 2. The summed E-state index contributed by atoms with van der Waals surface area (Å²) in [5.74, 6) is 1.83. The first-order valence-electron chi connectivity index (χ1n) is 6.71. The van der Waals surface area contributed by atoms with Gasteiger partial charge in [-0.25, -0.2) is 0 Å². The summed E-state index contributed by atoms with van der Waals surface area (Å²) in [6.07, 6.45) is 2.00. The first kappa shape index (κ1) is 14.2. The van der Waals surface area contributed by atoms with E-state index in [2.05, 4.69) is 43.8 Å². The van der Waals surface area contributed by atoms with Crippen molar-refractivity contribution in [2.45, 2.75) is 33.6 Å². The molecule has 0 aliphatic heterocycles. The third kappa shape index (κ3) is 3.19. The van der Waals surface area contributed by atoms with E-state index in [1.165, 1.54) is 0 Å². The maximum absolute atomic E-state index is 5.76. The van der Waals surface area contributed by atoms with E-state index >= 15 is 0 Å². The Balaban J connectivity index is 2.36. The Kier molecular flexibility index (Phi) is 4.44. The zero-order chi connectivity index (χ0) is 14.5. The topological polar surface area (TPSA) is 107 Å². The van der Waals surface area contributed by atoms with Crippen LogP contribution in [0.1, 0.15) is 32.6 Å². The van der Waals surface area contributed by atoms with Crippen LogP contribution >= 0.6 is 0 Å². The highest BCUT2D eigenvalue weighted by Crippen LogP contribution is 2.16. The van der Waals surface area contributed by atoms with Crippen LogP contribution in [0.4, 0.5) is 11.9 Å². The molecule has 0 aliphatic carbocycles. The highest BCUT2D eigenvalue weighted by Gasteiger charge is 2.15. The van der Waals surface area contributed by atoms with Gasteiger partial charge in [-0.15, -0.1) is 0 Å². The van der Waals surface area contributed by atoms with Crippen LogP contribution in [0.3, 0.4) is 0 Å². The lowest BCUT2D eigenvalue weighted by atomic mass is 10.4. The number of nitrogens with zero attached hydrogens (tertiary/aromatic N) is 6. The lowest BCUT2D eigenvalue weighted by Gasteiger charge is -2.21. The van der Waals surface area contributed by atoms with E-state index in [9.17, 15) is 0 Å².